The molecule has 3 N–H and O–H groups in total. The Bertz CT molecular complexity index is 482. The largest absolute Gasteiger partial charge is 0.334 e. The van der Waals surface area contributed by atoms with Crippen LogP contribution in [0.15, 0.2) is 12.3 Å². The fourth-order valence-electron chi connectivity index (χ4n) is 1.70. The van der Waals surface area contributed by atoms with Gasteiger partial charge in [0.15, 0.2) is 9.84 Å². The van der Waals surface area contributed by atoms with Crippen LogP contribution in [0.5, 0.6) is 0 Å². The highest BCUT2D eigenvalue weighted by molar-refractivity contribution is 7.91. The number of nitrogens with one attached hydrogen (secondary N) is 3. The van der Waals surface area contributed by atoms with Gasteiger partial charge in [-0.1, -0.05) is 0 Å². The van der Waals surface area contributed by atoms with Gasteiger partial charge in [-0.2, -0.15) is 5.10 Å². The highest BCUT2D eigenvalue weighted by Crippen LogP contribution is 2.10. The van der Waals surface area contributed by atoms with Gasteiger partial charge in [-0.05, 0) is 12.5 Å². The van der Waals surface area contributed by atoms with Crippen LogP contribution in [0.3, 0.4) is 0 Å². The Morgan fingerprint density at radius 2 is 2.41 bits per heavy atom. The summed E-state index contributed by atoms with van der Waals surface area (Å²) in [5, 5.41) is 11.7. The lowest BCUT2D eigenvalue weighted by Gasteiger charge is -2.11. The molecular weight excluding hydrogens is 244 g/mol. The summed E-state index contributed by atoms with van der Waals surface area (Å²) >= 11 is 0. The summed E-state index contributed by atoms with van der Waals surface area (Å²) in [5.41, 5.74) is 0.791. The Balaban J connectivity index is 1.75. The molecule has 1 aromatic rings. The van der Waals surface area contributed by atoms with E-state index in [4.69, 9.17) is 0 Å². The van der Waals surface area contributed by atoms with Crippen molar-refractivity contribution in [2.75, 3.05) is 11.5 Å². The van der Waals surface area contributed by atoms with Crippen molar-refractivity contribution in [1.82, 2.24) is 20.8 Å². The van der Waals surface area contributed by atoms with Crippen LogP contribution in [0.4, 0.5) is 4.79 Å². The maximum absolute atomic E-state index is 11.5. The van der Waals surface area contributed by atoms with Crippen LogP contribution in [-0.2, 0) is 16.4 Å². The third-order valence-corrected chi connectivity index (χ3v) is 4.33. The minimum Gasteiger partial charge on any atom is -0.334 e. The molecule has 0 aromatic carbocycles. The van der Waals surface area contributed by atoms with Crippen LogP contribution in [0.25, 0.3) is 0 Å². The molecule has 2 amide bonds. The van der Waals surface area contributed by atoms with E-state index in [1.165, 1.54) is 0 Å². The van der Waals surface area contributed by atoms with Crippen molar-refractivity contribution in [1.29, 1.82) is 0 Å². The molecule has 17 heavy (non-hydrogen) atoms. The summed E-state index contributed by atoms with van der Waals surface area (Å²) in [5.74, 6) is 0.184. The van der Waals surface area contributed by atoms with Gasteiger partial charge in [0, 0.05) is 12.2 Å². The number of rotatable bonds is 3. The molecule has 0 unspecified atom stereocenters. The third kappa shape index (κ3) is 3.45. The number of aromatic nitrogens is 2. The maximum atomic E-state index is 11.5. The maximum Gasteiger partial charge on any atom is 0.315 e. The first-order valence-electron chi connectivity index (χ1n) is 5.28. The van der Waals surface area contributed by atoms with Gasteiger partial charge >= 0.3 is 6.03 Å². The molecule has 0 bridgehead atoms. The Hall–Kier alpha value is -1.57. The van der Waals surface area contributed by atoms with Crippen molar-refractivity contribution in [3.8, 4) is 0 Å². The van der Waals surface area contributed by atoms with Crippen LogP contribution in [-0.4, -0.2) is 42.2 Å². The van der Waals surface area contributed by atoms with Crippen molar-refractivity contribution < 1.29 is 13.2 Å². The Kier molecular flexibility index (Phi) is 3.32. The summed E-state index contributed by atoms with van der Waals surface area (Å²) in [6.07, 6.45) is 2.08. The van der Waals surface area contributed by atoms with Crippen LogP contribution < -0.4 is 10.6 Å². The first-order chi connectivity index (χ1) is 8.05. The van der Waals surface area contributed by atoms with E-state index in [1.807, 2.05) is 0 Å². The molecule has 94 valence electrons. The molecule has 8 heteroatoms. The van der Waals surface area contributed by atoms with E-state index < -0.39 is 9.84 Å². The monoisotopic (exact) mass is 258 g/mol. The van der Waals surface area contributed by atoms with E-state index in [0.717, 1.165) is 5.69 Å². The van der Waals surface area contributed by atoms with Gasteiger partial charge in [0.05, 0.1) is 23.7 Å². The smallest absolute Gasteiger partial charge is 0.315 e. The van der Waals surface area contributed by atoms with Gasteiger partial charge in [-0.25, -0.2) is 13.2 Å². The Morgan fingerprint density at radius 3 is 3.00 bits per heavy atom. The average Bonchev–Trinajstić information content (AvgIpc) is 2.85. The topological polar surface area (TPSA) is 104 Å². The molecule has 1 aliphatic rings. The third-order valence-electron chi connectivity index (χ3n) is 2.57. The molecule has 1 atom stereocenters. The van der Waals surface area contributed by atoms with Crippen LogP contribution in [0.2, 0.25) is 0 Å². The van der Waals surface area contributed by atoms with Crippen LogP contribution >= 0.6 is 0 Å². The lowest BCUT2D eigenvalue weighted by Crippen LogP contribution is -2.42. The zero-order chi connectivity index (χ0) is 12.3. The number of urea groups is 1. The number of H-pyrrole nitrogens is 1. The van der Waals surface area contributed by atoms with E-state index in [0.29, 0.717) is 13.0 Å². The Labute approximate surface area is 98.9 Å². The normalized spacial score (nSPS) is 22.2. The van der Waals surface area contributed by atoms with Gasteiger partial charge in [0.25, 0.3) is 0 Å². The van der Waals surface area contributed by atoms with Crippen molar-refractivity contribution in [3.05, 3.63) is 18.0 Å². The van der Waals surface area contributed by atoms with E-state index >= 15 is 0 Å². The SMILES string of the molecule is O=C(NCc1ccn[nH]1)N[C@H]1CCS(=O)(=O)C1. The summed E-state index contributed by atoms with van der Waals surface area (Å²) in [6, 6.07) is 1.11. The molecule has 1 aromatic heterocycles. The van der Waals surface area contributed by atoms with Crippen molar-refractivity contribution in [2.45, 2.75) is 19.0 Å². The van der Waals surface area contributed by atoms with Crippen molar-refractivity contribution in [3.63, 3.8) is 0 Å². The first kappa shape index (κ1) is 11.9. The summed E-state index contributed by atoms with van der Waals surface area (Å²) in [7, 11) is -2.96. The molecular formula is C9H14N4O3S. The number of carbonyl (C=O) groups excluding carboxylic acids is 1. The molecule has 0 saturated carbocycles. The number of nitrogens with zero attached hydrogens (tertiary/aromatic N) is 1. The number of amides is 2. The van der Waals surface area contributed by atoms with E-state index in [-0.39, 0.29) is 23.6 Å². The summed E-state index contributed by atoms with van der Waals surface area (Å²) in [6.45, 7) is 0.339. The quantitative estimate of drug-likeness (QED) is 0.673. The van der Waals surface area contributed by atoms with Gasteiger partial charge in [-0.3, -0.25) is 5.10 Å². The molecule has 2 heterocycles. The van der Waals surface area contributed by atoms with Gasteiger partial charge in [0.2, 0.25) is 0 Å². The number of carbonyl (C=O) groups is 1. The fraction of sp³-hybridized carbons (Fsp3) is 0.556. The highest BCUT2D eigenvalue weighted by Gasteiger charge is 2.28. The predicted octanol–water partition coefficient (Wildman–Crippen LogP) is -0.604. The minimum absolute atomic E-state index is 0.0322. The first-order valence-corrected chi connectivity index (χ1v) is 7.10. The molecule has 1 fully saturated rings. The fourth-order valence-corrected chi connectivity index (χ4v) is 3.38. The second-order valence-corrected chi connectivity index (χ2v) is 6.24. The van der Waals surface area contributed by atoms with Gasteiger partial charge in [0.1, 0.15) is 0 Å². The minimum atomic E-state index is -2.96. The standard InChI is InChI=1S/C9H14N4O3S/c14-9(10-5-7-1-3-11-13-7)12-8-2-4-17(15,16)6-8/h1,3,8H,2,4-6H2,(H,11,13)(H2,10,12,14)/t8-/m0/s1. The van der Waals surface area contributed by atoms with Crippen molar-refractivity contribution in [2.24, 2.45) is 0 Å². The average molecular weight is 258 g/mol. The molecule has 7 nitrogen and oxygen atoms in total. The zero-order valence-electron chi connectivity index (χ0n) is 9.14. The summed E-state index contributed by atoms with van der Waals surface area (Å²) < 4.78 is 22.4. The lowest BCUT2D eigenvalue weighted by molar-refractivity contribution is 0.237. The lowest BCUT2D eigenvalue weighted by atomic mass is 10.3. The van der Waals surface area contributed by atoms with Crippen molar-refractivity contribution >= 4 is 15.9 Å². The van der Waals surface area contributed by atoms with E-state index in [1.54, 1.807) is 12.3 Å². The number of sulfone groups is 1. The highest BCUT2D eigenvalue weighted by atomic mass is 32.2. The molecule has 0 aliphatic carbocycles. The Morgan fingerprint density at radius 1 is 1.59 bits per heavy atom. The van der Waals surface area contributed by atoms with Gasteiger partial charge < -0.3 is 10.6 Å². The number of aromatic amines is 1. The predicted molar refractivity (Wildman–Crippen MR) is 61.0 cm³/mol. The number of hydrogen-bond acceptors (Lipinski definition) is 4. The van der Waals surface area contributed by atoms with E-state index in [2.05, 4.69) is 20.8 Å². The second kappa shape index (κ2) is 4.74. The van der Waals surface area contributed by atoms with E-state index in [9.17, 15) is 13.2 Å². The summed E-state index contributed by atoms with van der Waals surface area (Å²) in [4.78, 5) is 11.5. The molecule has 1 saturated heterocycles. The molecule has 2 rings (SSSR count). The molecule has 1 aliphatic heterocycles. The number of hydrogen-bond donors (Lipinski definition) is 3. The zero-order valence-corrected chi connectivity index (χ0v) is 9.96. The van der Waals surface area contributed by atoms with Gasteiger partial charge in [-0.15, -0.1) is 0 Å². The second-order valence-electron chi connectivity index (χ2n) is 4.01. The van der Waals surface area contributed by atoms with Crippen LogP contribution in [0, 0.1) is 0 Å². The molecule has 0 radical (unpaired) electrons. The van der Waals surface area contributed by atoms with Crippen LogP contribution in [0.1, 0.15) is 12.1 Å². The molecule has 0 spiro atoms.